The van der Waals surface area contributed by atoms with Gasteiger partial charge in [0, 0.05) is 5.56 Å². The Balaban J connectivity index is 1.54. The number of benzene rings is 2. The Bertz CT molecular complexity index is 921. The van der Waals surface area contributed by atoms with Crippen molar-refractivity contribution in [2.45, 2.75) is 39.2 Å². The first kappa shape index (κ1) is 20.6. The second-order valence-corrected chi connectivity index (χ2v) is 6.95. The van der Waals surface area contributed by atoms with E-state index in [1.165, 1.54) is 11.1 Å². The Hall–Kier alpha value is -3.15. The van der Waals surface area contributed by atoms with E-state index in [4.69, 9.17) is 9.47 Å². The molecule has 152 valence electrons. The molecule has 29 heavy (non-hydrogen) atoms. The lowest BCUT2D eigenvalue weighted by Crippen LogP contribution is -2.34. The van der Waals surface area contributed by atoms with Crippen LogP contribution in [0, 0.1) is 0 Å². The number of carbonyl (C=O) groups is 3. The number of hydrogen-bond donors (Lipinski definition) is 1. The van der Waals surface area contributed by atoms with Gasteiger partial charge in [-0.25, -0.2) is 0 Å². The van der Waals surface area contributed by atoms with Crippen LogP contribution in [0.4, 0.5) is 0 Å². The molecule has 0 spiro atoms. The zero-order valence-electron chi connectivity index (χ0n) is 16.7. The molecule has 2 aromatic carbocycles. The summed E-state index contributed by atoms with van der Waals surface area (Å²) >= 11 is 0. The standard InChI is InChI=1S/C23H25NO5/c1-3-28-20-10-5-4-9-19(20)23(27)24-14-21(25)29-15(2)22(26)18-12-11-16-7-6-8-17(16)13-18/h4-5,9-13,15H,3,6-8,14H2,1-2H3,(H,24,27)/t15-/m0/s1. The first-order valence-corrected chi connectivity index (χ1v) is 9.85. The van der Waals surface area contributed by atoms with E-state index in [-0.39, 0.29) is 12.3 Å². The van der Waals surface area contributed by atoms with Crippen LogP contribution in [0.25, 0.3) is 0 Å². The van der Waals surface area contributed by atoms with Crippen molar-refractivity contribution in [2.24, 2.45) is 0 Å². The minimum absolute atomic E-state index is 0.249. The molecule has 1 aliphatic rings. The fourth-order valence-corrected chi connectivity index (χ4v) is 3.44. The largest absolute Gasteiger partial charge is 0.493 e. The quantitative estimate of drug-likeness (QED) is 0.549. The molecule has 3 rings (SSSR count). The Morgan fingerprint density at radius 2 is 1.83 bits per heavy atom. The third kappa shape index (κ3) is 5.02. The number of fused-ring (bicyclic) bond motifs is 1. The van der Waals surface area contributed by atoms with Gasteiger partial charge in [-0.05, 0) is 62.4 Å². The van der Waals surface area contributed by atoms with Crippen LogP contribution in [0.5, 0.6) is 5.75 Å². The van der Waals surface area contributed by atoms with Crippen molar-refractivity contribution in [1.82, 2.24) is 5.32 Å². The normalized spacial score (nSPS) is 13.3. The highest BCUT2D eigenvalue weighted by Crippen LogP contribution is 2.23. The summed E-state index contributed by atoms with van der Waals surface area (Å²) in [6.07, 6.45) is 2.19. The average molecular weight is 395 g/mol. The van der Waals surface area contributed by atoms with Crippen LogP contribution in [0.15, 0.2) is 42.5 Å². The van der Waals surface area contributed by atoms with Crippen LogP contribution in [0.1, 0.15) is 52.1 Å². The van der Waals surface area contributed by atoms with Crippen molar-refractivity contribution in [2.75, 3.05) is 13.2 Å². The molecule has 0 radical (unpaired) electrons. The number of aryl methyl sites for hydroxylation is 2. The van der Waals surface area contributed by atoms with Crippen molar-refractivity contribution in [1.29, 1.82) is 0 Å². The van der Waals surface area contributed by atoms with Gasteiger partial charge in [0.15, 0.2) is 6.10 Å². The summed E-state index contributed by atoms with van der Waals surface area (Å²) in [6.45, 7) is 3.46. The highest BCUT2D eigenvalue weighted by Gasteiger charge is 2.22. The van der Waals surface area contributed by atoms with Crippen molar-refractivity contribution in [3.63, 3.8) is 0 Å². The minimum Gasteiger partial charge on any atom is -0.493 e. The number of ketones is 1. The number of amides is 1. The molecule has 2 aromatic rings. The number of nitrogens with one attached hydrogen (secondary N) is 1. The van der Waals surface area contributed by atoms with Gasteiger partial charge in [-0.3, -0.25) is 14.4 Å². The van der Waals surface area contributed by atoms with E-state index in [0.29, 0.717) is 23.5 Å². The molecule has 1 N–H and O–H groups in total. The molecule has 0 saturated heterocycles. The second kappa shape index (κ2) is 9.37. The van der Waals surface area contributed by atoms with Crippen molar-refractivity contribution in [3.8, 4) is 5.75 Å². The fourth-order valence-electron chi connectivity index (χ4n) is 3.44. The Labute approximate surface area is 170 Å². The van der Waals surface area contributed by atoms with Crippen LogP contribution < -0.4 is 10.1 Å². The molecule has 1 aliphatic carbocycles. The van der Waals surface area contributed by atoms with E-state index in [1.807, 2.05) is 19.1 Å². The second-order valence-electron chi connectivity index (χ2n) is 6.95. The minimum atomic E-state index is -0.922. The van der Waals surface area contributed by atoms with Gasteiger partial charge in [0.05, 0.1) is 12.2 Å². The fraction of sp³-hybridized carbons (Fsp3) is 0.348. The zero-order valence-corrected chi connectivity index (χ0v) is 16.7. The first-order valence-electron chi connectivity index (χ1n) is 9.85. The molecule has 0 aliphatic heterocycles. The highest BCUT2D eigenvalue weighted by molar-refractivity contribution is 6.01. The van der Waals surface area contributed by atoms with E-state index in [0.717, 1.165) is 19.3 Å². The summed E-state index contributed by atoms with van der Waals surface area (Å²) in [5.41, 5.74) is 3.35. The summed E-state index contributed by atoms with van der Waals surface area (Å²) in [4.78, 5) is 37.0. The van der Waals surface area contributed by atoms with Gasteiger partial charge in [0.1, 0.15) is 12.3 Å². The van der Waals surface area contributed by atoms with Crippen LogP contribution in [-0.2, 0) is 22.4 Å². The molecule has 6 heteroatoms. The van der Waals surface area contributed by atoms with Gasteiger partial charge in [-0.1, -0.05) is 24.3 Å². The molecule has 0 fully saturated rings. The smallest absolute Gasteiger partial charge is 0.326 e. The molecular weight excluding hydrogens is 370 g/mol. The monoisotopic (exact) mass is 395 g/mol. The van der Waals surface area contributed by atoms with E-state index < -0.39 is 18.0 Å². The molecule has 0 bridgehead atoms. The van der Waals surface area contributed by atoms with Gasteiger partial charge in [-0.15, -0.1) is 0 Å². The lowest BCUT2D eigenvalue weighted by Gasteiger charge is -2.14. The van der Waals surface area contributed by atoms with Gasteiger partial charge in [-0.2, -0.15) is 0 Å². The van der Waals surface area contributed by atoms with E-state index in [1.54, 1.807) is 37.3 Å². The van der Waals surface area contributed by atoms with Gasteiger partial charge in [0.2, 0.25) is 5.78 Å². The number of para-hydroxylation sites is 1. The molecule has 6 nitrogen and oxygen atoms in total. The number of hydrogen-bond acceptors (Lipinski definition) is 5. The number of ether oxygens (including phenoxy) is 2. The zero-order chi connectivity index (χ0) is 20.8. The van der Waals surface area contributed by atoms with Crippen LogP contribution in [0.3, 0.4) is 0 Å². The van der Waals surface area contributed by atoms with E-state index >= 15 is 0 Å². The summed E-state index contributed by atoms with van der Waals surface area (Å²) in [6, 6.07) is 12.4. The number of Topliss-reactive ketones (excluding diaryl/α,β-unsaturated/α-hetero) is 1. The van der Waals surface area contributed by atoms with Crippen molar-refractivity contribution < 1.29 is 23.9 Å². The van der Waals surface area contributed by atoms with Gasteiger partial charge in [0.25, 0.3) is 5.91 Å². The topological polar surface area (TPSA) is 81.7 Å². The van der Waals surface area contributed by atoms with Crippen molar-refractivity contribution >= 4 is 17.7 Å². The molecule has 0 aromatic heterocycles. The molecule has 0 unspecified atom stereocenters. The average Bonchev–Trinajstić information content (AvgIpc) is 3.20. The molecule has 1 atom stereocenters. The Morgan fingerprint density at radius 3 is 2.62 bits per heavy atom. The lowest BCUT2D eigenvalue weighted by atomic mass is 10.0. The third-order valence-corrected chi connectivity index (χ3v) is 4.89. The summed E-state index contributed by atoms with van der Waals surface area (Å²) < 4.78 is 10.6. The predicted molar refractivity (Wildman–Crippen MR) is 108 cm³/mol. The molecule has 0 heterocycles. The molecular formula is C23H25NO5. The maximum absolute atomic E-state index is 12.6. The summed E-state index contributed by atoms with van der Waals surface area (Å²) in [5, 5.41) is 2.51. The summed E-state index contributed by atoms with van der Waals surface area (Å²) in [7, 11) is 0. The maximum Gasteiger partial charge on any atom is 0.326 e. The van der Waals surface area contributed by atoms with Gasteiger partial charge < -0.3 is 14.8 Å². The lowest BCUT2D eigenvalue weighted by molar-refractivity contribution is -0.145. The van der Waals surface area contributed by atoms with Crippen molar-refractivity contribution in [3.05, 3.63) is 64.7 Å². The first-order chi connectivity index (χ1) is 14.0. The van der Waals surface area contributed by atoms with Gasteiger partial charge >= 0.3 is 5.97 Å². The molecule has 0 saturated carbocycles. The number of esters is 1. The van der Waals surface area contributed by atoms with E-state index in [2.05, 4.69) is 5.32 Å². The van der Waals surface area contributed by atoms with E-state index in [9.17, 15) is 14.4 Å². The highest BCUT2D eigenvalue weighted by atomic mass is 16.5. The van der Waals surface area contributed by atoms with Crippen LogP contribution >= 0.6 is 0 Å². The Morgan fingerprint density at radius 1 is 1.07 bits per heavy atom. The summed E-state index contributed by atoms with van der Waals surface area (Å²) in [5.74, 6) is -0.917. The SMILES string of the molecule is CCOc1ccccc1C(=O)NCC(=O)O[C@@H](C)C(=O)c1ccc2c(c1)CCC2. The Kier molecular flexibility index (Phi) is 6.65. The third-order valence-electron chi connectivity index (χ3n) is 4.89. The number of carbonyl (C=O) groups excluding carboxylic acids is 3. The van der Waals surface area contributed by atoms with Crippen LogP contribution in [0.2, 0.25) is 0 Å². The van der Waals surface area contributed by atoms with Crippen LogP contribution in [-0.4, -0.2) is 36.9 Å². The predicted octanol–water partition coefficient (Wildman–Crippen LogP) is 3.12. The maximum atomic E-state index is 12.6. The molecule has 1 amide bonds. The number of rotatable bonds is 8.